The number of aryl methyl sites for hydroxylation is 1. The van der Waals surface area contributed by atoms with Crippen LogP contribution in [0.3, 0.4) is 0 Å². The highest BCUT2D eigenvalue weighted by atomic mass is 35.5. The lowest BCUT2D eigenvalue weighted by molar-refractivity contribution is -0.158. The Morgan fingerprint density at radius 1 is 1.17 bits per heavy atom. The SMILES string of the molecule is C=CC(O)[C@@H]1CC[C@H]1CN1CCCCc2cc(Cl)ccc2COc2ccc([C@H](CC(=O)OC(C)(C)C)C(=O)OC)cc21. The Labute approximate surface area is 254 Å². The number of esters is 2. The monoisotopic (exact) mass is 597 g/mol. The standard InChI is InChI=1S/C34H44ClNO6/c1-6-30(37)27-14-11-24(27)20-36-16-8-7-9-22-17-26(35)13-10-25(22)21-41-31-15-12-23(18-29(31)36)28(33(39)40-5)19-32(38)42-34(2,3)4/h6,10,12-13,15,17-18,24,27-28,30,37H,1,7-9,11,14,16,19-21H2,2-5H3/t24-,27+,28-,30?/m0/s1. The van der Waals surface area contributed by atoms with Gasteiger partial charge in [0.1, 0.15) is 18.0 Å². The van der Waals surface area contributed by atoms with Gasteiger partial charge in [-0.25, -0.2) is 0 Å². The molecule has 1 N–H and O–H groups in total. The summed E-state index contributed by atoms with van der Waals surface area (Å²) >= 11 is 6.32. The predicted molar refractivity (Wildman–Crippen MR) is 165 cm³/mol. The van der Waals surface area contributed by atoms with Gasteiger partial charge in [0.2, 0.25) is 0 Å². The van der Waals surface area contributed by atoms with Gasteiger partial charge in [-0.05, 0) is 106 Å². The van der Waals surface area contributed by atoms with Crippen molar-refractivity contribution in [1.82, 2.24) is 0 Å². The van der Waals surface area contributed by atoms with Crippen LogP contribution in [0.2, 0.25) is 5.02 Å². The maximum absolute atomic E-state index is 13.0. The van der Waals surface area contributed by atoms with Crippen molar-refractivity contribution < 1.29 is 28.9 Å². The molecule has 2 aromatic carbocycles. The summed E-state index contributed by atoms with van der Waals surface area (Å²) in [5.74, 6) is -0.625. The number of anilines is 1. The van der Waals surface area contributed by atoms with Crippen molar-refractivity contribution in [2.75, 3.05) is 25.1 Å². The fraction of sp³-hybridized carbons (Fsp3) is 0.529. The lowest BCUT2D eigenvalue weighted by Crippen LogP contribution is -2.43. The lowest BCUT2D eigenvalue weighted by atomic mass is 9.70. The first-order valence-electron chi connectivity index (χ1n) is 14.9. The number of nitrogens with zero attached hydrogens (tertiary/aromatic N) is 1. The number of benzene rings is 2. The van der Waals surface area contributed by atoms with Crippen LogP contribution >= 0.6 is 11.6 Å². The topological polar surface area (TPSA) is 85.3 Å². The third kappa shape index (κ3) is 8.07. The van der Waals surface area contributed by atoms with E-state index in [-0.39, 0.29) is 12.3 Å². The number of hydrogen-bond acceptors (Lipinski definition) is 7. The van der Waals surface area contributed by atoms with E-state index >= 15 is 0 Å². The van der Waals surface area contributed by atoms with Crippen LogP contribution in [-0.2, 0) is 32.1 Å². The molecule has 1 aliphatic heterocycles. The van der Waals surface area contributed by atoms with Crippen molar-refractivity contribution in [3.8, 4) is 5.75 Å². The summed E-state index contributed by atoms with van der Waals surface area (Å²) < 4.78 is 17.1. The molecule has 0 radical (unpaired) electrons. The Bertz CT molecular complexity index is 1270. The lowest BCUT2D eigenvalue weighted by Gasteiger charge is -2.42. The fourth-order valence-corrected chi connectivity index (χ4v) is 6.13. The minimum absolute atomic E-state index is 0.131. The number of halogens is 1. The van der Waals surface area contributed by atoms with Gasteiger partial charge < -0.3 is 24.2 Å². The molecule has 0 aromatic heterocycles. The van der Waals surface area contributed by atoms with Gasteiger partial charge in [-0.15, -0.1) is 6.58 Å². The summed E-state index contributed by atoms with van der Waals surface area (Å²) in [7, 11) is 1.33. The number of carbonyl (C=O) groups is 2. The maximum atomic E-state index is 13.0. The summed E-state index contributed by atoms with van der Waals surface area (Å²) in [5, 5.41) is 11.2. The molecule has 0 amide bonds. The summed E-state index contributed by atoms with van der Waals surface area (Å²) in [4.78, 5) is 28.1. The van der Waals surface area contributed by atoms with E-state index in [1.54, 1.807) is 26.8 Å². The smallest absolute Gasteiger partial charge is 0.313 e. The van der Waals surface area contributed by atoms with Gasteiger partial charge in [0.25, 0.3) is 0 Å². The number of methoxy groups -OCH3 is 1. The number of hydrogen-bond donors (Lipinski definition) is 1. The average molecular weight is 598 g/mol. The summed E-state index contributed by atoms with van der Waals surface area (Å²) in [6.45, 7) is 11.1. The highest BCUT2D eigenvalue weighted by Crippen LogP contribution is 2.41. The first-order valence-corrected chi connectivity index (χ1v) is 15.3. The van der Waals surface area contributed by atoms with Crippen LogP contribution in [0.4, 0.5) is 5.69 Å². The molecule has 1 unspecified atom stereocenters. The number of fused-ring (bicyclic) bond motifs is 2. The van der Waals surface area contributed by atoms with E-state index in [2.05, 4.69) is 11.5 Å². The van der Waals surface area contributed by atoms with Crippen molar-refractivity contribution in [3.05, 3.63) is 70.8 Å². The molecule has 0 saturated heterocycles. The summed E-state index contributed by atoms with van der Waals surface area (Å²) in [5.41, 5.74) is 3.14. The van der Waals surface area contributed by atoms with Gasteiger partial charge in [-0.2, -0.15) is 0 Å². The molecule has 1 fully saturated rings. The zero-order valence-corrected chi connectivity index (χ0v) is 26.0. The molecule has 1 saturated carbocycles. The molecule has 0 spiro atoms. The second-order valence-corrected chi connectivity index (χ2v) is 12.9. The molecule has 4 atom stereocenters. The van der Waals surface area contributed by atoms with Gasteiger partial charge in [0.05, 0.1) is 31.2 Å². The number of ether oxygens (including phenoxy) is 3. The number of carbonyl (C=O) groups excluding carboxylic acids is 2. The van der Waals surface area contributed by atoms with Gasteiger partial charge >= 0.3 is 11.9 Å². The Balaban J connectivity index is 1.71. The zero-order valence-electron chi connectivity index (χ0n) is 25.2. The van der Waals surface area contributed by atoms with Gasteiger partial charge in [0, 0.05) is 18.1 Å². The van der Waals surface area contributed by atoms with Crippen LogP contribution in [0, 0.1) is 11.8 Å². The fourth-order valence-electron chi connectivity index (χ4n) is 5.93. The van der Waals surface area contributed by atoms with Gasteiger partial charge in [-0.1, -0.05) is 29.8 Å². The highest BCUT2D eigenvalue weighted by molar-refractivity contribution is 6.30. The number of aliphatic hydroxyl groups excluding tert-OH is 1. The van der Waals surface area contributed by atoms with Gasteiger partial charge in [-0.3, -0.25) is 9.59 Å². The third-order valence-electron chi connectivity index (χ3n) is 8.29. The summed E-state index contributed by atoms with van der Waals surface area (Å²) in [6, 6.07) is 11.6. The Morgan fingerprint density at radius 2 is 1.95 bits per heavy atom. The quantitative estimate of drug-likeness (QED) is 0.270. The molecule has 2 aromatic rings. The Hall–Kier alpha value is -3.03. The normalized spacial score (nSPS) is 20.4. The first-order chi connectivity index (χ1) is 20.0. The molecule has 0 bridgehead atoms. The summed E-state index contributed by atoms with van der Waals surface area (Å²) in [6.07, 6.45) is 5.76. The van der Waals surface area contributed by atoms with Crippen LogP contribution in [0.5, 0.6) is 5.75 Å². The second kappa shape index (κ2) is 14.0. The number of rotatable bonds is 8. The van der Waals surface area contributed by atoms with Crippen LogP contribution in [0.25, 0.3) is 0 Å². The van der Waals surface area contributed by atoms with E-state index in [4.69, 9.17) is 25.8 Å². The molecule has 8 heteroatoms. The van der Waals surface area contributed by atoms with Crippen LogP contribution in [-0.4, -0.2) is 48.9 Å². The van der Waals surface area contributed by atoms with Crippen molar-refractivity contribution in [2.24, 2.45) is 11.8 Å². The molecule has 7 nitrogen and oxygen atoms in total. The van der Waals surface area contributed by atoms with E-state index in [0.717, 1.165) is 56.4 Å². The van der Waals surface area contributed by atoms with Crippen LogP contribution in [0.1, 0.15) is 75.5 Å². The third-order valence-corrected chi connectivity index (χ3v) is 8.52. The molecule has 42 heavy (non-hydrogen) atoms. The zero-order chi connectivity index (χ0) is 30.4. The molecule has 228 valence electrons. The largest absolute Gasteiger partial charge is 0.487 e. The van der Waals surface area contributed by atoms with Crippen LogP contribution in [0.15, 0.2) is 49.1 Å². The van der Waals surface area contributed by atoms with E-state index in [1.807, 2.05) is 36.4 Å². The van der Waals surface area contributed by atoms with Crippen LogP contribution < -0.4 is 9.64 Å². The van der Waals surface area contributed by atoms with Crippen molar-refractivity contribution in [1.29, 1.82) is 0 Å². The van der Waals surface area contributed by atoms with Crippen molar-refractivity contribution in [3.63, 3.8) is 0 Å². The molecule has 1 aliphatic carbocycles. The molecular formula is C34H44ClNO6. The minimum Gasteiger partial charge on any atom is -0.487 e. The highest BCUT2D eigenvalue weighted by Gasteiger charge is 2.37. The minimum atomic E-state index is -0.822. The molecule has 2 aliphatic rings. The number of aliphatic hydroxyl groups is 1. The van der Waals surface area contributed by atoms with E-state index in [0.29, 0.717) is 28.9 Å². The Morgan fingerprint density at radius 3 is 2.62 bits per heavy atom. The second-order valence-electron chi connectivity index (χ2n) is 12.4. The first kappa shape index (κ1) is 31.9. The average Bonchev–Trinajstić information content (AvgIpc) is 2.95. The molecule has 4 rings (SSSR count). The van der Waals surface area contributed by atoms with Gasteiger partial charge in [0.15, 0.2) is 0 Å². The molecular weight excluding hydrogens is 554 g/mol. The van der Waals surface area contributed by atoms with Crippen molar-refractivity contribution >= 4 is 29.2 Å². The van der Waals surface area contributed by atoms with E-state index < -0.39 is 29.6 Å². The maximum Gasteiger partial charge on any atom is 0.313 e. The van der Waals surface area contributed by atoms with E-state index in [1.165, 1.54) is 12.7 Å². The van der Waals surface area contributed by atoms with Crippen molar-refractivity contribution in [2.45, 2.75) is 83.5 Å². The van der Waals surface area contributed by atoms with E-state index in [9.17, 15) is 14.7 Å². The molecule has 1 heterocycles. The Kier molecular flexibility index (Phi) is 10.6. The predicted octanol–water partition coefficient (Wildman–Crippen LogP) is 6.62.